The molecule has 2 aliphatic rings. The van der Waals surface area contributed by atoms with Crippen LogP contribution < -0.4 is 4.74 Å². The predicted octanol–water partition coefficient (Wildman–Crippen LogP) is 7.48. The van der Waals surface area contributed by atoms with Crippen molar-refractivity contribution >= 4 is 10.8 Å². The molecule has 4 rings (SSSR count). The van der Waals surface area contributed by atoms with Crippen molar-refractivity contribution in [3.63, 3.8) is 0 Å². The average Bonchev–Trinajstić information content (AvgIpc) is 2.70. The minimum Gasteiger partial charge on any atom is -0.494 e. The van der Waals surface area contributed by atoms with Gasteiger partial charge in [-0.2, -0.15) is 0 Å². The number of unbranched alkanes of at least 4 members (excludes halogenated alkanes) is 1. The molecule has 2 aromatic rings. The van der Waals surface area contributed by atoms with Crippen LogP contribution >= 0.6 is 0 Å². The molecule has 0 spiro atoms. The fraction of sp³-hybridized carbons (Fsp3) is 0.600. The lowest BCUT2D eigenvalue weighted by molar-refractivity contribution is 0.113. The third kappa shape index (κ3) is 4.00. The van der Waals surface area contributed by atoms with Crippen LogP contribution in [0.4, 0.5) is 4.39 Å². The number of fused-ring (bicyclic) bond motifs is 2. The molecule has 0 amide bonds. The fourth-order valence-corrected chi connectivity index (χ4v) is 5.72. The van der Waals surface area contributed by atoms with Gasteiger partial charge < -0.3 is 4.74 Å². The van der Waals surface area contributed by atoms with Gasteiger partial charge in [-0.1, -0.05) is 50.8 Å². The van der Waals surface area contributed by atoms with E-state index >= 15 is 0 Å². The summed E-state index contributed by atoms with van der Waals surface area (Å²) in [4.78, 5) is 0. The molecule has 2 aromatic carbocycles. The van der Waals surface area contributed by atoms with E-state index < -0.39 is 0 Å². The van der Waals surface area contributed by atoms with Crippen molar-refractivity contribution in [2.45, 2.75) is 70.6 Å². The molecule has 2 fully saturated rings. The highest BCUT2D eigenvalue weighted by Gasteiger charge is 2.35. The van der Waals surface area contributed by atoms with E-state index in [0.717, 1.165) is 28.5 Å². The highest BCUT2D eigenvalue weighted by molar-refractivity contribution is 5.84. The molecule has 0 saturated heterocycles. The Labute approximate surface area is 163 Å². The Bertz CT molecular complexity index is 783. The van der Waals surface area contributed by atoms with Gasteiger partial charge in [0.25, 0.3) is 0 Å². The van der Waals surface area contributed by atoms with Gasteiger partial charge in [0.15, 0.2) is 11.6 Å². The van der Waals surface area contributed by atoms with Crippen molar-refractivity contribution < 1.29 is 9.13 Å². The summed E-state index contributed by atoms with van der Waals surface area (Å²) in [5, 5.41) is 2.05. The number of benzene rings is 2. The van der Waals surface area contributed by atoms with Gasteiger partial charge in [0.05, 0.1) is 7.11 Å². The SMILES string of the molecule is CCCCC1CCC2C[C@H](c3ccc4cc(OC)c(F)cc4c3)CC[C@@H]2C1. The topological polar surface area (TPSA) is 9.23 Å². The van der Waals surface area contributed by atoms with Gasteiger partial charge >= 0.3 is 0 Å². The van der Waals surface area contributed by atoms with E-state index in [1.165, 1.54) is 70.5 Å². The van der Waals surface area contributed by atoms with Gasteiger partial charge in [-0.05, 0) is 84.2 Å². The van der Waals surface area contributed by atoms with E-state index in [2.05, 4.69) is 25.1 Å². The summed E-state index contributed by atoms with van der Waals surface area (Å²) in [6.45, 7) is 2.31. The highest BCUT2D eigenvalue weighted by atomic mass is 19.1. The molecular weight excluding hydrogens is 335 g/mol. The van der Waals surface area contributed by atoms with Crippen LogP contribution in [-0.4, -0.2) is 7.11 Å². The molecule has 0 aromatic heterocycles. The van der Waals surface area contributed by atoms with Crippen LogP contribution in [0.3, 0.4) is 0 Å². The summed E-state index contributed by atoms with van der Waals surface area (Å²) >= 11 is 0. The molecule has 1 nitrogen and oxygen atoms in total. The molecule has 2 heteroatoms. The normalized spacial score (nSPS) is 28.1. The van der Waals surface area contributed by atoms with Gasteiger partial charge in [-0.15, -0.1) is 0 Å². The fourth-order valence-electron chi connectivity index (χ4n) is 5.72. The Morgan fingerprint density at radius 1 is 0.963 bits per heavy atom. The van der Waals surface area contributed by atoms with Crippen LogP contribution in [0.1, 0.15) is 76.2 Å². The molecule has 0 aliphatic heterocycles. The average molecular weight is 369 g/mol. The second kappa shape index (κ2) is 8.20. The molecule has 2 aliphatic carbocycles. The Morgan fingerprint density at radius 2 is 1.78 bits per heavy atom. The number of halogens is 1. The van der Waals surface area contributed by atoms with Crippen molar-refractivity contribution in [2.75, 3.05) is 7.11 Å². The Kier molecular flexibility index (Phi) is 5.71. The maximum Gasteiger partial charge on any atom is 0.165 e. The van der Waals surface area contributed by atoms with E-state index in [1.807, 2.05) is 6.07 Å². The standard InChI is InChI=1S/C25H33FO/c1-3-4-5-17-6-7-19-13-20(9-8-18(19)12-17)21-10-11-22-16-25(27-2)24(26)15-23(22)14-21/h10-11,14-20H,3-9,12-13H2,1-2H3/t17?,18-,19?,20-/m1/s1. The first-order valence-electron chi connectivity index (χ1n) is 10.9. The smallest absolute Gasteiger partial charge is 0.165 e. The molecule has 0 N–H and O–H groups in total. The lowest BCUT2D eigenvalue weighted by atomic mass is 9.63. The minimum absolute atomic E-state index is 0.267. The first kappa shape index (κ1) is 18.8. The lowest BCUT2D eigenvalue weighted by Crippen LogP contribution is -2.30. The third-order valence-corrected chi connectivity index (χ3v) is 7.29. The summed E-state index contributed by atoms with van der Waals surface area (Å²) < 4.78 is 19.2. The molecule has 146 valence electrons. The highest BCUT2D eigenvalue weighted by Crippen LogP contribution is 2.48. The zero-order valence-corrected chi connectivity index (χ0v) is 16.8. The maximum atomic E-state index is 14.1. The van der Waals surface area contributed by atoms with Gasteiger partial charge in [0.1, 0.15) is 0 Å². The zero-order chi connectivity index (χ0) is 18.8. The largest absolute Gasteiger partial charge is 0.494 e. The molecular formula is C25H33FO. The molecule has 0 bridgehead atoms. The lowest BCUT2D eigenvalue weighted by Gasteiger charge is -2.42. The van der Waals surface area contributed by atoms with Crippen molar-refractivity contribution in [3.8, 4) is 5.75 Å². The minimum atomic E-state index is -0.267. The second-order valence-electron chi connectivity index (χ2n) is 8.94. The summed E-state index contributed by atoms with van der Waals surface area (Å²) in [5.41, 5.74) is 1.40. The van der Waals surface area contributed by atoms with Crippen molar-refractivity contribution in [3.05, 3.63) is 41.7 Å². The summed E-state index contributed by atoms with van der Waals surface area (Å²) in [7, 11) is 1.52. The van der Waals surface area contributed by atoms with Crippen molar-refractivity contribution in [1.29, 1.82) is 0 Å². The monoisotopic (exact) mass is 368 g/mol. The van der Waals surface area contributed by atoms with Gasteiger partial charge in [-0.25, -0.2) is 4.39 Å². The van der Waals surface area contributed by atoms with E-state index in [1.54, 1.807) is 6.07 Å². The Morgan fingerprint density at radius 3 is 2.59 bits per heavy atom. The Hall–Kier alpha value is -1.57. The first-order valence-corrected chi connectivity index (χ1v) is 10.9. The van der Waals surface area contributed by atoms with Crippen molar-refractivity contribution in [1.82, 2.24) is 0 Å². The predicted molar refractivity (Wildman–Crippen MR) is 111 cm³/mol. The number of ether oxygens (including phenoxy) is 1. The van der Waals surface area contributed by atoms with Crippen LogP contribution in [0.5, 0.6) is 5.75 Å². The molecule has 2 saturated carbocycles. The first-order chi connectivity index (χ1) is 13.2. The van der Waals surface area contributed by atoms with Gasteiger partial charge in [-0.3, -0.25) is 0 Å². The number of methoxy groups -OCH3 is 1. The van der Waals surface area contributed by atoms with Crippen LogP contribution in [0.25, 0.3) is 10.8 Å². The zero-order valence-electron chi connectivity index (χ0n) is 16.8. The maximum absolute atomic E-state index is 14.1. The van der Waals surface area contributed by atoms with Crippen LogP contribution in [-0.2, 0) is 0 Å². The van der Waals surface area contributed by atoms with E-state index in [4.69, 9.17) is 4.74 Å². The van der Waals surface area contributed by atoms with Gasteiger partial charge in [0, 0.05) is 0 Å². The number of rotatable bonds is 5. The number of hydrogen-bond acceptors (Lipinski definition) is 1. The summed E-state index contributed by atoms with van der Waals surface area (Å²) in [6.07, 6.45) is 12.5. The quantitative estimate of drug-likeness (QED) is 0.531. The van der Waals surface area contributed by atoms with Crippen LogP contribution in [0.15, 0.2) is 30.3 Å². The van der Waals surface area contributed by atoms with Crippen LogP contribution in [0, 0.1) is 23.6 Å². The molecule has 0 heterocycles. The third-order valence-electron chi connectivity index (χ3n) is 7.29. The van der Waals surface area contributed by atoms with E-state index in [0.29, 0.717) is 11.7 Å². The summed E-state index contributed by atoms with van der Waals surface area (Å²) in [5.74, 6) is 3.56. The molecule has 4 atom stereocenters. The number of hydrogen-bond donors (Lipinski definition) is 0. The van der Waals surface area contributed by atoms with Crippen molar-refractivity contribution in [2.24, 2.45) is 17.8 Å². The van der Waals surface area contributed by atoms with Gasteiger partial charge in [0.2, 0.25) is 0 Å². The van der Waals surface area contributed by atoms with Crippen LogP contribution in [0.2, 0.25) is 0 Å². The molecule has 27 heavy (non-hydrogen) atoms. The molecule has 2 unspecified atom stereocenters. The molecule has 0 radical (unpaired) electrons. The Balaban J connectivity index is 1.46. The van der Waals surface area contributed by atoms with E-state index in [-0.39, 0.29) is 5.82 Å². The van der Waals surface area contributed by atoms with E-state index in [9.17, 15) is 4.39 Å². The summed E-state index contributed by atoms with van der Waals surface area (Å²) in [6, 6.07) is 10.1. The second-order valence-corrected chi connectivity index (χ2v) is 8.94.